The molecule has 0 aliphatic carbocycles. The molecular formula is C24H28N4O4S. The number of pyridine rings is 1. The molecular weight excluding hydrogens is 440 g/mol. The number of nitrogens with zero attached hydrogens (tertiary/aromatic N) is 3. The number of hydrogen-bond acceptors (Lipinski definition) is 7. The maximum atomic E-state index is 12.8. The molecule has 3 aromatic rings. The van der Waals surface area contributed by atoms with Gasteiger partial charge < -0.3 is 19.4 Å². The minimum atomic E-state index is -0.278. The molecule has 0 bridgehead atoms. The first-order valence-electron chi connectivity index (χ1n) is 11.0. The van der Waals surface area contributed by atoms with E-state index in [0.29, 0.717) is 32.8 Å². The number of hydrogen-bond donors (Lipinski definition) is 1. The van der Waals surface area contributed by atoms with Crippen LogP contribution in [0.25, 0.3) is 0 Å². The number of anilines is 1. The van der Waals surface area contributed by atoms with Gasteiger partial charge in [-0.05, 0) is 50.1 Å². The van der Waals surface area contributed by atoms with Gasteiger partial charge in [0, 0.05) is 49.0 Å². The van der Waals surface area contributed by atoms with E-state index < -0.39 is 0 Å². The van der Waals surface area contributed by atoms with Crippen LogP contribution in [0.4, 0.5) is 9.80 Å². The maximum Gasteiger partial charge on any atom is 0.409 e. The van der Waals surface area contributed by atoms with Gasteiger partial charge in [-0.15, -0.1) is 11.3 Å². The minimum absolute atomic E-state index is 0.111. The van der Waals surface area contributed by atoms with Gasteiger partial charge in [0.25, 0.3) is 5.91 Å². The molecule has 9 heteroatoms. The zero-order chi connectivity index (χ0) is 23.4. The SMILES string of the molecule is CCOC(=O)N1CCN([C@H](c2cccnc2)c2c(NC(=O)c3ccco3)sc(C)c2C)CC1. The molecule has 1 N–H and O–H groups in total. The van der Waals surface area contributed by atoms with Crippen molar-refractivity contribution in [3.05, 3.63) is 70.3 Å². The number of rotatable bonds is 6. The van der Waals surface area contributed by atoms with E-state index in [2.05, 4.69) is 35.1 Å². The first-order valence-corrected chi connectivity index (χ1v) is 11.8. The van der Waals surface area contributed by atoms with Crippen molar-refractivity contribution < 1.29 is 18.7 Å². The van der Waals surface area contributed by atoms with Crippen LogP contribution in [0.3, 0.4) is 0 Å². The van der Waals surface area contributed by atoms with Crippen molar-refractivity contribution in [2.75, 3.05) is 38.1 Å². The monoisotopic (exact) mass is 468 g/mol. The molecule has 3 aromatic heterocycles. The molecule has 2 amide bonds. The minimum Gasteiger partial charge on any atom is -0.459 e. The van der Waals surface area contributed by atoms with Crippen LogP contribution in [-0.2, 0) is 4.74 Å². The van der Waals surface area contributed by atoms with Gasteiger partial charge in [0.05, 0.1) is 18.9 Å². The molecule has 1 aliphatic heterocycles. The highest BCUT2D eigenvalue weighted by Crippen LogP contribution is 2.42. The molecule has 1 aliphatic rings. The van der Waals surface area contributed by atoms with Crippen LogP contribution >= 0.6 is 11.3 Å². The highest BCUT2D eigenvalue weighted by molar-refractivity contribution is 7.16. The molecule has 0 radical (unpaired) electrons. The van der Waals surface area contributed by atoms with E-state index in [-0.39, 0.29) is 23.8 Å². The molecule has 0 saturated carbocycles. The third-order valence-corrected chi connectivity index (χ3v) is 7.02. The molecule has 174 valence electrons. The molecule has 8 nitrogen and oxygen atoms in total. The summed E-state index contributed by atoms with van der Waals surface area (Å²) in [6, 6.07) is 7.21. The molecule has 0 aromatic carbocycles. The van der Waals surface area contributed by atoms with E-state index in [1.807, 2.05) is 19.2 Å². The third kappa shape index (κ3) is 4.94. The Kier molecular flexibility index (Phi) is 7.10. The Morgan fingerprint density at radius 2 is 2.00 bits per heavy atom. The summed E-state index contributed by atoms with van der Waals surface area (Å²) in [4.78, 5) is 34.5. The Labute approximate surface area is 197 Å². The second-order valence-electron chi connectivity index (χ2n) is 7.87. The molecule has 1 atom stereocenters. The smallest absolute Gasteiger partial charge is 0.409 e. The molecule has 4 heterocycles. The Morgan fingerprint density at radius 1 is 1.21 bits per heavy atom. The van der Waals surface area contributed by atoms with Gasteiger partial charge >= 0.3 is 6.09 Å². The van der Waals surface area contributed by atoms with Crippen LogP contribution in [0, 0.1) is 13.8 Å². The van der Waals surface area contributed by atoms with Gasteiger partial charge in [0.2, 0.25) is 0 Å². The van der Waals surface area contributed by atoms with Crippen LogP contribution in [0.5, 0.6) is 0 Å². The van der Waals surface area contributed by atoms with Crippen LogP contribution in [0.1, 0.15) is 45.1 Å². The summed E-state index contributed by atoms with van der Waals surface area (Å²) < 4.78 is 10.5. The van der Waals surface area contributed by atoms with Crippen molar-refractivity contribution in [2.45, 2.75) is 26.8 Å². The summed E-state index contributed by atoms with van der Waals surface area (Å²) >= 11 is 1.56. The first-order chi connectivity index (χ1) is 16.0. The van der Waals surface area contributed by atoms with E-state index in [4.69, 9.17) is 9.15 Å². The lowest BCUT2D eigenvalue weighted by Gasteiger charge is -2.39. The van der Waals surface area contributed by atoms with E-state index in [9.17, 15) is 9.59 Å². The Hall–Kier alpha value is -3.17. The number of aromatic nitrogens is 1. The second kappa shape index (κ2) is 10.2. The summed E-state index contributed by atoms with van der Waals surface area (Å²) in [5, 5.41) is 3.86. The number of nitrogens with one attached hydrogen (secondary N) is 1. The highest BCUT2D eigenvalue weighted by atomic mass is 32.1. The van der Waals surface area contributed by atoms with E-state index in [1.165, 1.54) is 6.26 Å². The lowest BCUT2D eigenvalue weighted by molar-refractivity contribution is 0.0714. The fraction of sp³-hybridized carbons (Fsp3) is 0.375. The fourth-order valence-corrected chi connectivity index (χ4v) is 5.20. The van der Waals surface area contributed by atoms with Gasteiger partial charge in [-0.1, -0.05) is 6.07 Å². The number of thiophene rings is 1. The third-order valence-electron chi connectivity index (χ3n) is 5.88. The maximum absolute atomic E-state index is 12.8. The normalized spacial score (nSPS) is 15.3. The average molecular weight is 469 g/mol. The molecule has 4 rings (SSSR count). The zero-order valence-corrected chi connectivity index (χ0v) is 19.9. The largest absolute Gasteiger partial charge is 0.459 e. The number of amides is 2. The topological polar surface area (TPSA) is 87.9 Å². The number of carbonyl (C=O) groups excluding carboxylic acids is 2. The predicted octanol–water partition coefficient (Wildman–Crippen LogP) is 4.47. The molecule has 33 heavy (non-hydrogen) atoms. The van der Waals surface area contributed by atoms with Crippen molar-refractivity contribution >= 4 is 28.3 Å². The Balaban J connectivity index is 1.66. The van der Waals surface area contributed by atoms with Crippen LogP contribution in [-0.4, -0.2) is 59.6 Å². The van der Waals surface area contributed by atoms with Crippen LogP contribution < -0.4 is 5.32 Å². The fourth-order valence-electron chi connectivity index (χ4n) is 4.11. The molecule has 0 spiro atoms. The lowest BCUT2D eigenvalue weighted by Crippen LogP contribution is -2.50. The second-order valence-corrected chi connectivity index (χ2v) is 9.09. The van der Waals surface area contributed by atoms with Crippen LogP contribution in [0.2, 0.25) is 0 Å². The average Bonchev–Trinajstić information content (AvgIpc) is 3.46. The number of furan rings is 1. The Bertz CT molecular complexity index is 1090. The van der Waals surface area contributed by atoms with Gasteiger partial charge in [-0.3, -0.25) is 14.7 Å². The quantitative estimate of drug-likeness (QED) is 0.574. The van der Waals surface area contributed by atoms with E-state index in [0.717, 1.165) is 26.6 Å². The van der Waals surface area contributed by atoms with Gasteiger partial charge in [-0.25, -0.2) is 4.79 Å². The summed E-state index contributed by atoms with van der Waals surface area (Å²) in [6.45, 7) is 8.83. The molecule has 1 saturated heterocycles. The van der Waals surface area contributed by atoms with Crippen LogP contribution in [0.15, 0.2) is 47.3 Å². The Morgan fingerprint density at radius 3 is 2.64 bits per heavy atom. The first kappa shape index (κ1) is 23.0. The number of carbonyl (C=O) groups is 2. The summed E-state index contributed by atoms with van der Waals surface area (Å²) in [6.07, 6.45) is 4.84. The summed E-state index contributed by atoms with van der Waals surface area (Å²) in [5.41, 5.74) is 3.22. The van der Waals surface area contributed by atoms with Crippen molar-refractivity contribution in [1.82, 2.24) is 14.8 Å². The van der Waals surface area contributed by atoms with Gasteiger partial charge in [-0.2, -0.15) is 0 Å². The van der Waals surface area contributed by atoms with Crippen molar-refractivity contribution in [1.29, 1.82) is 0 Å². The predicted molar refractivity (Wildman–Crippen MR) is 127 cm³/mol. The number of aryl methyl sites for hydroxylation is 1. The van der Waals surface area contributed by atoms with Crippen molar-refractivity contribution in [2.24, 2.45) is 0 Å². The van der Waals surface area contributed by atoms with E-state index >= 15 is 0 Å². The standard InChI is InChI=1S/C24H28N4O4S/c1-4-31-24(30)28-12-10-27(11-13-28)21(18-7-5-9-25-15-18)20-16(2)17(3)33-23(20)26-22(29)19-8-6-14-32-19/h5-9,14-15,21H,4,10-13H2,1-3H3,(H,26,29)/t21-/m1/s1. The van der Waals surface area contributed by atoms with Crippen molar-refractivity contribution in [3.8, 4) is 0 Å². The molecule has 1 fully saturated rings. The zero-order valence-electron chi connectivity index (χ0n) is 19.0. The lowest BCUT2D eigenvalue weighted by atomic mass is 9.95. The summed E-state index contributed by atoms with van der Waals surface area (Å²) in [7, 11) is 0. The van der Waals surface area contributed by atoms with E-state index in [1.54, 1.807) is 34.6 Å². The van der Waals surface area contributed by atoms with Crippen molar-refractivity contribution in [3.63, 3.8) is 0 Å². The number of ether oxygens (including phenoxy) is 1. The number of piperazine rings is 1. The highest BCUT2D eigenvalue weighted by Gasteiger charge is 2.33. The van der Waals surface area contributed by atoms with Gasteiger partial charge in [0.1, 0.15) is 5.00 Å². The van der Waals surface area contributed by atoms with Gasteiger partial charge in [0.15, 0.2) is 5.76 Å². The summed E-state index contributed by atoms with van der Waals surface area (Å²) in [5.74, 6) is -0.00907. The molecule has 0 unspecified atom stereocenters.